The van der Waals surface area contributed by atoms with Crippen molar-refractivity contribution in [1.29, 1.82) is 0 Å². The lowest BCUT2D eigenvalue weighted by Crippen LogP contribution is -2.44. The summed E-state index contributed by atoms with van der Waals surface area (Å²) in [6, 6.07) is 4.35. The van der Waals surface area contributed by atoms with Crippen molar-refractivity contribution in [2.75, 3.05) is 19.6 Å². The van der Waals surface area contributed by atoms with Crippen molar-refractivity contribution in [3.63, 3.8) is 0 Å². The molecule has 1 aromatic rings. The Kier molecular flexibility index (Phi) is 4.38. The molecular weight excluding hydrogens is 236 g/mol. The van der Waals surface area contributed by atoms with Crippen molar-refractivity contribution >= 4 is 5.78 Å². The molecule has 0 bridgehead atoms. The van der Waals surface area contributed by atoms with Crippen LogP contribution in [0.3, 0.4) is 0 Å². The van der Waals surface area contributed by atoms with E-state index in [1.54, 1.807) is 0 Å². The Bertz CT molecular complexity index is 482. The van der Waals surface area contributed by atoms with Crippen molar-refractivity contribution in [3.8, 4) is 0 Å². The van der Waals surface area contributed by atoms with Gasteiger partial charge in [0.2, 0.25) is 0 Å². The van der Waals surface area contributed by atoms with Crippen LogP contribution in [0.15, 0.2) is 12.1 Å². The first-order valence-corrected chi connectivity index (χ1v) is 7.06. The SMILES string of the molecule is Cc1cc(C)c(C(=O)CN2CCCC(N)C2)cc1C. The van der Waals surface area contributed by atoms with Gasteiger partial charge in [0.1, 0.15) is 0 Å². The number of carbonyl (C=O) groups is 1. The summed E-state index contributed by atoms with van der Waals surface area (Å²) < 4.78 is 0. The maximum absolute atomic E-state index is 12.4. The van der Waals surface area contributed by atoms with Crippen molar-refractivity contribution in [2.24, 2.45) is 5.73 Å². The van der Waals surface area contributed by atoms with Gasteiger partial charge in [-0.1, -0.05) is 6.07 Å². The second-order valence-electron chi connectivity index (χ2n) is 5.81. The van der Waals surface area contributed by atoms with Crippen LogP contribution in [-0.4, -0.2) is 36.4 Å². The van der Waals surface area contributed by atoms with Crippen LogP contribution in [0.2, 0.25) is 0 Å². The highest BCUT2D eigenvalue weighted by Gasteiger charge is 2.20. The Labute approximate surface area is 115 Å². The average molecular weight is 260 g/mol. The number of piperidine rings is 1. The van der Waals surface area contributed by atoms with E-state index in [4.69, 9.17) is 5.73 Å². The Morgan fingerprint density at radius 1 is 1.26 bits per heavy atom. The number of hydrogen-bond donors (Lipinski definition) is 1. The Hall–Kier alpha value is -1.19. The van der Waals surface area contributed by atoms with E-state index in [1.165, 1.54) is 11.1 Å². The van der Waals surface area contributed by atoms with Crippen LogP contribution in [0.4, 0.5) is 0 Å². The first-order chi connectivity index (χ1) is 8.97. The van der Waals surface area contributed by atoms with Crippen molar-refractivity contribution in [2.45, 2.75) is 39.7 Å². The number of rotatable bonds is 3. The van der Waals surface area contributed by atoms with Gasteiger partial charge in [0.25, 0.3) is 0 Å². The number of hydrogen-bond acceptors (Lipinski definition) is 3. The van der Waals surface area contributed by atoms with Gasteiger partial charge in [-0.15, -0.1) is 0 Å². The minimum Gasteiger partial charge on any atom is -0.327 e. The molecule has 1 aliphatic rings. The summed E-state index contributed by atoms with van der Waals surface area (Å²) in [4.78, 5) is 14.6. The topological polar surface area (TPSA) is 46.3 Å². The number of aryl methyl sites for hydroxylation is 3. The van der Waals surface area contributed by atoms with E-state index in [9.17, 15) is 4.79 Å². The number of carbonyl (C=O) groups excluding carboxylic acids is 1. The molecule has 0 amide bonds. The molecule has 1 unspecified atom stereocenters. The molecule has 19 heavy (non-hydrogen) atoms. The number of Topliss-reactive ketones (excluding diaryl/α,β-unsaturated/α-hetero) is 1. The zero-order valence-corrected chi connectivity index (χ0v) is 12.2. The van der Waals surface area contributed by atoms with E-state index in [-0.39, 0.29) is 11.8 Å². The van der Waals surface area contributed by atoms with Gasteiger partial charge < -0.3 is 5.73 Å². The highest BCUT2D eigenvalue weighted by Crippen LogP contribution is 2.17. The summed E-state index contributed by atoms with van der Waals surface area (Å²) in [5, 5.41) is 0. The number of benzene rings is 1. The predicted octanol–water partition coefficient (Wildman–Crippen LogP) is 2.22. The molecule has 2 rings (SSSR count). The molecule has 1 aliphatic heterocycles. The van der Waals surface area contributed by atoms with E-state index < -0.39 is 0 Å². The number of likely N-dealkylation sites (tertiary alicyclic amines) is 1. The molecule has 0 spiro atoms. The predicted molar refractivity (Wildman–Crippen MR) is 78.6 cm³/mol. The van der Waals surface area contributed by atoms with Crippen LogP contribution >= 0.6 is 0 Å². The Morgan fingerprint density at radius 3 is 2.63 bits per heavy atom. The minimum absolute atomic E-state index is 0.217. The van der Waals surface area contributed by atoms with Gasteiger partial charge in [0, 0.05) is 18.2 Å². The molecular formula is C16H24N2O. The fourth-order valence-corrected chi connectivity index (χ4v) is 2.78. The molecule has 0 radical (unpaired) electrons. The van der Waals surface area contributed by atoms with E-state index >= 15 is 0 Å². The summed E-state index contributed by atoms with van der Waals surface area (Å²) in [6.45, 7) is 8.49. The normalized spacial score (nSPS) is 20.5. The maximum Gasteiger partial charge on any atom is 0.177 e. The molecule has 1 aromatic carbocycles. The van der Waals surface area contributed by atoms with E-state index in [2.05, 4.69) is 24.8 Å². The lowest BCUT2D eigenvalue weighted by atomic mass is 9.97. The lowest BCUT2D eigenvalue weighted by molar-refractivity contribution is 0.0907. The number of nitrogens with zero attached hydrogens (tertiary/aromatic N) is 1. The number of nitrogens with two attached hydrogens (primary N) is 1. The summed E-state index contributed by atoms with van der Waals surface area (Å²) in [6.07, 6.45) is 2.17. The zero-order chi connectivity index (χ0) is 14.0. The Morgan fingerprint density at radius 2 is 1.95 bits per heavy atom. The van der Waals surface area contributed by atoms with Crippen molar-refractivity contribution in [1.82, 2.24) is 4.90 Å². The molecule has 1 saturated heterocycles. The smallest absolute Gasteiger partial charge is 0.177 e. The molecule has 104 valence electrons. The summed E-state index contributed by atoms with van der Waals surface area (Å²) in [5.74, 6) is 0.217. The van der Waals surface area contributed by atoms with E-state index in [1.807, 2.05) is 13.0 Å². The van der Waals surface area contributed by atoms with Gasteiger partial charge in [0.15, 0.2) is 5.78 Å². The van der Waals surface area contributed by atoms with Gasteiger partial charge in [-0.2, -0.15) is 0 Å². The minimum atomic E-state index is 0.217. The first-order valence-electron chi connectivity index (χ1n) is 7.06. The third kappa shape index (κ3) is 3.43. The average Bonchev–Trinajstić information content (AvgIpc) is 2.33. The van der Waals surface area contributed by atoms with Crippen LogP contribution < -0.4 is 5.73 Å². The summed E-state index contributed by atoms with van der Waals surface area (Å²) in [5.41, 5.74) is 10.3. The summed E-state index contributed by atoms with van der Waals surface area (Å²) >= 11 is 0. The van der Waals surface area contributed by atoms with Crippen molar-refractivity contribution in [3.05, 3.63) is 34.4 Å². The van der Waals surface area contributed by atoms with Gasteiger partial charge in [-0.05, 0) is 62.9 Å². The van der Waals surface area contributed by atoms with Crippen LogP contribution in [0, 0.1) is 20.8 Å². The molecule has 3 heteroatoms. The van der Waals surface area contributed by atoms with Crippen LogP contribution in [0.25, 0.3) is 0 Å². The highest BCUT2D eigenvalue weighted by atomic mass is 16.1. The third-order valence-electron chi connectivity index (χ3n) is 4.05. The standard InChI is InChI=1S/C16H24N2O/c1-11-7-13(3)15(8-12(11)2)16(19)10-18-6-4-5-14(17)9-18/h7-8,14H,4-6,9-10,17H2,1-3H3. The molecule has 0 aromatic heterocycles. The van der Waals surface area contributed by atoms with Gasteiger partial charge in [-0.3, -0.25) is 9.69 Å². The number of ketones is 1. The highest BCUT2D eigenvalue weighted by molar-refractivity contribution is 5.99. The molecule has 1 heterocycles. The monoisotopic (exact) mass is 260 g/mol. The molecule has 2 N–H and O–H groups in total. The van der Waals surface area contributed by atoms with Crippen LogP contribution in [-0.2, 0) is 0 Å². The quantitative estimate of drug-likeness (QED) is 0.848. The first kappa shape index (κ1) is 14.2. The Balaban J connectivity index is 2.09. The second-order valence-corrected chi connectivity index (χ2v) is 5.81. The van der Waals surface area contributed by atoms with E-state index in [0.717, 1.165) is 37.1 Å². The second kappa shape index (κ2) is 5.85. The van der Waals surface area contributed by atoms with Gasteiger partial charge in [0.05, 0.1) is 6.54 Å². The third-order valence-corrected chi connectivity index (χ3v) is 4.05. The summed E-state index contributed by atoms with van der Waals surface area (Å²) in [7, 11) is 0. The lowest BCUT2D eigenvalue weighted by Gasteiger charge is -2.30. The fraction of sp³-hybridized carbons (Fsp3) is 0.562. The van der Waals surface area contributed by atoms with Gasteiger partial charge >= 0.3 is 0 Å². The molecule has 1 atom stereocenters. The zero-order valence-electron chi connectivity index (χ0n) is 12.2. The van der Waals surface area contributed by atoms with Crippen molar-refractivity contribution < 1.29 is 4.79 Å². The largest absolute Gasteiger partial charge is 0.327 e. The van der Waals surface area contributed by atoms with E-state index in [0.29, 0.717) is 6.54 Å². The molecule has 1 fully saturated rings. The maximum atomic E-state index is 12.4. The molecule has 3 nitrogen and oxygen atoms in total. The fourth-order valence-electron chi connectivity index (χ4n) is 2.78. The molecule has 0 saturated carbocycles. The van der Waals surface area contributed by atoms with Gasteiger partial charge in [-0.25, -0.2) is 0 Å². The van der Waals surface area contributed by atoms with Crippen LogP contribution in [0.5, 0.6) is 0 Å². The van der Waals surface area contributed by atoms with Crippen LogP contribution in [0.1, 0.15) is 39.9 Å². The molecule has 0 aliphatic carbocycles.